The highest BCUT2D eigenvalue weighted by atomic mass is 35.5. The molecule has 0 aliphatic heterocycles. The van der Waals surface area contributed by atoms with Gasteiger partial charge in [-0.3, -0.25) is 4.79 Å². The van der Waals surface area contributed by atoms with Crippen molar-refractivity contribution in [2.75, 3.05) is 11.9 Å². The third-order valence-corrected chi connectivity index (χ3v) is 3.13. The highest BCUT2D eigenvalue weighted by Crippen LogP contribution is 2.24. The molecule has 0 radical (unpaired) electrons. The van der Waals surface area contributed by atoms with Crippen molar-refractivity contribution in [1.29, 1.82) is 0 Å². The van der Waals surface area contributed by atoms with Crippen molar-refractivity contribution in [3.8, 4) is 0 Å². The number of rotatable bonds is 6. The molecule has 5 nitrogen and oxygen atoms in total. The van der Waals surface area contributed by atoms with Crippen LogP contribution in [0.25, 0.3) is 0 Å². The Kier molecular flexibility index (Phi) is 6.42. The molecule has 3 N–H and O–H groups in total. The van der Waals surface area contributed by atoms with Crippen LogP contribution in [0.4, 0.5) is 14.9 Å². The molecule has 21 heavy (non-hydrogen) atoms. The molecule has 1 rings (SSSR count). The highest BCUT2D eigenvalue weighted by Gasteiger charge is 2.20. The Morgan fingerprint density at radius 3 is 2.57 bits per heavy atom. The Labute approximate surface area is 127 Å². The molecule has 0 aliphatic rings. The zero-order valence-corrected chi connectivity index (χ0v) is 12.6. The number of para-hydroxylation sites is 1. The molecule has 116 valence electrons. The molecule has 0 bridgehead atoms. The van der Waals surface area contributed by atoms with Gasteiger partial charge in [-0.25, -0.2) is 9.18 Å². The smallest absolute Gasteiger partial charge is 0.319 e. The number of benzene rings is 1. The van der Waals surface area contributed by atoms with E-state index in [0.717, 1.165) is 0 Å². The average molecular weight is 317 g/mol. The van der Waals surface area contributed by atoms with E-state index in [1.54, 1.807) is 0 Å². The second-order valence-electron chi connectivity index (χ2n) is 5.10. The minimum Gasteiger partial charge on any atom is -0.481 e. The number of hydrogen-bond acceptors (Lipinski definition) is 2. The number of nitrogens with one attached hydrogen (secondary N) is 2. The minimum atomic E-state index is -0.979. The third-order valence-electron chi connectivity index (χ3n) is 2.82. The van der Waals surface area contributed by atoms with Crippen molar-refractivity contribution in [3.63, 3.8) is 0 Å². The highest BCUT2D eigenvalue weighted by molar-refractivity contribution is 6.33. The van der Waals surface area contributed by atoms with E-state index in [0.29, 0.717) is 6.42 Å². The monoisotopic (exact) mass is 316 g/mol. The van der Waals surface area contributed by atoms with Gasteiger partial charge >= 0.3 is 12.0 Å². The van der Waals surface area contributed by atoms with Crippen molar-refractivity contribution < 1.29 is 19.1 Å². The maximum atomic E-state index is 13.5. The Morgan fingerprint density at radius 1 is 1.38 bits per heavy atom. The van der Waals surface area contributed by atoms with Crippen LogP contribution in [0.5, 0.6) is 0 Å². The van der Waals surface area contributed by atoms with Crippen LogP contribution in [0.15, 0.2) is 18.2 Å². The molecule has 0 spiro atoms. The van der Waals surface area contributed by atoms with E-state index in [1.807, 2.05) is 13.8 Å². The minimum absolute atomic E-state index is 0.0363. The molecule has 1 aromatic rings. The molecule has 0 aromatic heterocycles. The summed E-state index contributed by atoms with van der Waals surface area (Å²) in [6.45, 7) is 3.76. The van der Waals surface area contributed by atoms with Crippen LogP contribution < -0.4 is 10.6 Å². The summed E-state index contributed by atoms with van der Waals surface area (Å²) in [7, 11) is 0. The molecular weight excluding hydrogens is 299 g/mol. The Balaban J connectivity index is 2.59. The molecule has 0 heterocycles. The lowest BCUT2D eigenvalue weighted by Gasteiger charge is -2.16. The first-order valence-corrected chi connectivity index (χ1v) is 6.90. The molecule has 0 fully saturated rings. The van der Waals surface area contributed by atoms with Gasteiger partial charge in [-0.15, -0.1) is 0 Å². The lowest BCUT2D eigenvalue weighted by atomic mass is 9.97. The quantitative estimate of drug-likeness (QED) is 0.753. The van der Waals surface area contributed by atoms with E-state index < -0.39 is 23.7 Å². The van der Waals surface area contributed by atoms with Gasteiger partial charge in [0.2, 0.25) is 0 Å². The Morgan fingerprint density at radius 2 is 2.05 bits per heavy atom. The van der Waals surface area contributed by atoms with Crippen LogP contribution in [0.3, 0.4) is 0 Å². The van der Waals surface area contributed by atoms with Gasteiger partial charge in [0.05, 0.1) is 16.6 Å². The molecule has 1 unspecified atom stereocenters. The van der Waals surface area contributed by atoms with Crippen molar-refractivity contribution in [2.24, 2.45) is 11.8 Å². The second-order valence-corrected chi connectivity index (χ2v) is 5.50. The van der Waals surface area contributed by atoms with Crippen LogP contribution in [-0.4, -0.2) is 23.7 Å². The first-order valence-electron chi connectivity index (χ1n) is 6.53. The van der Waals surface area contributed by atoms with Gasteiger partial charge in [-0.05, 0) is 24.5 Å². The summed E-state index contributed by atoms with van der Waals surface area (Å²) in [5.41, 5.74) is -0.132. The van der Waals surface area contributed by atoms with E-state index in [2.05, 4.69) is 10.6 Å². The average Bonchev–Trinajstić information content (AvgIpc) is 2.38. The summed E-state index contributed by atoms with van der Waals surface area (Å²) in [5.74, 6) is -2.13. The summed E-state index contributed by atoms with van der Waals surface area (Å²) >= 11 is 5.78. The number of amides is 2. The molecule has 1 aromatic carbocycles. The standard InChI is InChI=1S/C14H18ClFN2O3/c1-8(2)6-9(13(19)20)7-17-14(21)18-12-10(15)4-3-5-11(12)16/h3-5,8-9H,6-7H2,1-2H3,(H,19,20)(H2,17,18,21). The molecule has 2 amide bonds. The number of carbonyl (C=O) groups excluding carboxylic acids is 1. The molecule has 1 atom stereocenters. The number of carboxylic acids is 1. The SMILES string of the molecule is CC(C)CC(CNC(=O)Nc1c(F)cccc1Cl)C(=O)O. The largest absolute Gasteiger partial charge is 0.481 e. The number of aliphatic carboxylic acids is 1. The zero-order chi connectivity index (χ0) is 16.0. The molecule has 7 heteroatoms. The van der Waals surface area contributed by atoms with E-state index in [1.165, 1.54) is 18.2 Å². The van der Waals surface area contributed by atoms with Gasteiger partial charge in [-0.1, -0.05) is 31.5 Å². The molecule has 0 saturated heterocycles. The molecular formula is C14H18ClFN2O3. The second kappa shape index (κ2) is 7.83. The summed E-state index contributed by atoms with van der Waals surface area (Å²) in [4.78, 5) is 22.8. The lowest BCUT2D eigenvalue weighted by Crippen LogP contribution is -2.36. The van der Waals surface area contributed by atoms with Crippen LogP contribution in [0.1, 0.15) is 20.3 Å². The number of urea groups is 1. The van der Waals surface area contributed by atoms with Gasteiger partial charge in [0, 0.05) is 6.54 Å². The molecule has 0 aliphatic carbocycles. The first-order chi connectivity index (χ1) is 9.81. The topological polar surface area (TPSA) is 78.4 Å². The van der Waals surface area contributed by atoms with E-state index >= 15 is 0 Å². The number of halogens is 2. The Bertz CT molecular complexity index is 503. The summed E-state index contributed by atoms with van der Waals surface area (Å²) < 4.78 is 13.5. The van der Waals surface area contributed by atoms with Gasteiger partial charge < -0.3 is 15.7 Å². The van der Waals surface area contributed by atoms with Crippen molar-refractivity contribution in [2.45, 2.75) is 20.3 Å². The van der Waals surface area contributed by atoms with Crippen LogP contribution in [0.2, 0.25) is 5.02 Å². The van der Waals surface area contributed by atoms with Gasteiger partial charge in [0.15, 0.2) is 0 Å². The fraction of sp³-hybridized carbons (Fsp3) is 0.429. The van der Waals surface area contributed by atoms with Gasteiger partial charge in [-0.2, -0.15) is 0 Å². The Hall–Kier alpha value is -1.82. The van der Waals surface area contributed by atoms with Gasteiger partial charge in [0.1, 0.15) is 5.82 Å². The summed E-state index contributed by atoms with van der Waals surface area (Å²) in [6, 6.07) is 3.33. The number of hydrogen-bond donors (Lipinski definition) is 3. The third kappa shape index (κ3) is 5.59. The van der Waals surface area contributed by atoms with Crippen molar-refractivity contribution in [3.05, 3.63) is 29.0 Å². The predicted molar refractivity (Wildman–Crippen MR) is 79.0 cm³/mol. The van der Waals surface area contributed by atoms with Crippen LogP contribution in [-0.2, 0) is 4.79 Å². The van der Waals surface area contributed by atoms with Crippen molar-refractivity contribution in [1.82, 2.24) is 5.32 Å². The van der Waals surface area contributed by atoms with E-state index in [9.17, 15) is 14.0 Å². The number of carbonyl (C=O) groups is 2. The normalized spacial score (nSPS) is 12.0. The maximum absolute atomic E-state index is 13.5. The number of carboxylic acid groups (broad SMARTS) is 1. The van der Waals surface area contributed by atoms with Crippen LogP contribution in [0, 0.1) is 17.7 Å². The summed E-state index contributed by atoms with van der Waals surface area (Å²) in [6.07, 6.45) is 0.441. The maximum Gasteiger partial charge on any atom is 0.319 e. The fourth-order valence-corrected chi connectivity index (χ4v) is 2.04. The van der Waals surface area contributed by atoms with Crippen molar-refractivity contribution >= 4 is 29.3 Å². The summed E-state index contributed by atoms with van der Waals surface area (Å²) in [5, 5.41) is 13.8. The van der Waals surface area contributed by atoms with E-state index in [-0.39, 0.29) is 23.2 Å². The lowest BCUT2D eigenvalue weighted by molar-refractivity contribution is -0.142. The fourth-order valence-electron chi connectivity index (χ4n) is 1.83. The zero-order valence-electron chi connectivity index (χ0n) is 11.8. The first kappa shape index (κ1) is 17.2. The number of anilines is 1. The van der Waals surface area contributed by atoms with Crippen LogP contribution >= 0.6 is 11.6 Å². The van der Waals surface area contributed by atoms with E-state index in [4.69, 9.17) is 16.7 Å². The van der Waals surface area contributed by atoms with Gasteiger partial charge in [0.25, 0.3) is 0 Å². The molecule has 0 saturated carbocycles. The predicted octanol–water partition coefficient (Wildman–Crippen LogP) is 3.35.